The van der Waals surface area contributed by atoms with Crippen LogP contribution in [-0.4, -0.2) is 31.9 Å². The highest BCUT2D eigenvalue weighted by Gasteiger charge is 2.23. The molecule has 1 aliphatic heterocycles. The molecule has 0 saturated carbocycles. The molecule has 19 heavy (non-hydrogen) atoms. The molecule has 1 heterocycles. The van der Waals surface area contributed by atoms with E-state index in [9.17, 15) is 9.50 Å². The minimum absolute atomic E-state index is 0.327. The highest BCUT2D eigenvalue weighted by atomic mass is 19.1. The van der Waals surface area contributed by atoms with Crippen LogP contribution in [0.4, 0.5) is 10.1 Å². The predicted octanol–water partition coefficient (Wildman–Crippen LogP) is 2.74. The number of aliphatic hydroxyl groups excluding tert-OH is 1. The van der Waals surface area contributed by atoms with E-state index in [-0.39, 0.29) is 5.82 Å². The zero-order valence-electron chi connectivity index (χ0n) is 11.6. The van der Waals surface area contributed by atoms with E-state index in [0.717, 1.165) is 38.2 Å². The van der Waals surface area contributed by atoms with Crippen LogP contribution in [0.3, 0.4) is 0 Å². The van der Waals surface area contributed by atoms with E-state index in [0.29, 0.717) is 11.5 Å². The van der Waals surface area contributed by atoms with Crippen LogP contribution in [0, 0.1) is 11.7 Å². The van der Waals surface area contributed by atoms with Crippen molar-refractivity contribution < 1.29 is 14.2 Å². The third-order valence-electron chi connectivity index (χ3n) is 3.81. The van der Waals surface area contributed by atoms with E-state index in [1.54, 1.807) is 20.1 Å². The van der Waals surface area contributed by atoms with Gasteiger partial charge in [0.25, 0.3) is 0 Å². The Hall–Kier alpha value is -1.13. The monoisotopic (exact) mass is 267 g/mol. The predicted molar refractivity (Wildman–Crippen MR) is 73.8 cm³/mol. The first-order valence-corrected chi connectivity index (χ1v) is 6.83. The molecule has 106 valence electrons. The molecular weight excluding hydrogens is 245 g/mol. The van der Waals surface area contributed by atoms with Crippen LogP contribution in [0.15, 0.2) is 18.2 Å². The lowest BCUT2D eigenvalue weighted by molar-refractivity contribution is 0.139. The molecule has 1 fully saturated rings. The van der Waals surface area contributed by atoms with Crippen molar-refractivity contribution in [2.45, 2.75) is 25.9 Å². The maximum Gasteiger partial charge on any atom is 0.131 e. The molecule has 0 aliphatic carbocycles. The molecule has 1 saturated heterocycles. The van der Waals surface area contributed by atoms with Gasteiger partial charge in [-0.3, -0.25) is 0 Å². The molecule has 1 aliphatic rings. The average molecular weight is 267 g/mol. The minimum atomic E-state index is -0.784. The number of benzene rings is 1. The summed E-state index contributed by atoms with van der Waals surface area (Å²) in [4.78, 5) is 2.16. The summed E-state index contributed by atoms with van der Waals surface area (Å²) in [6.07, 6.45) is 1.31. The van der Waals surface area contributed by atoms with Crippen molar-refractivity contribution in [3.63, 3.8) is 0 Å². The van der Waals surface area contributed by atoms with E-state index in [1.165, 1.54) is 6.07 Å². The van der Waals surface area contributed by atoms with Gasteiger partial charge < -0.3 is 14.7 Å². The molecule has 1 unspecified atom stereocenters. The van der Waals surface area contributed by atoms with Crippen molar-refractivity contribution in [1.29, 1.82) is 0 Å². The fourth-order valence-electron chi connectivity index (χ4n) is 2.79. The molecule has 2 rings (SSSR count). The van der Waals surface area contributed by atoms with E-state index in [2.05, 4.69) is 4.90 Å². The zero-order chi connectivity index (χ0) is 13.8. The van der Waals surface area contributed by atoms with E-state index >= 15 is 0 Å². The Morgan fingerprint density at radius 3 is 2.68 bits per heavy atom. The van der Waals surface area contributed by atoms with Gasteiger partial charge in [-0.25, -0.2) is 4.39 Å². The Kier molecular flexibility index (Phi) is 4.77. The van der Waals surface area contributed by atoms with Gasteiger partial charge in [0.1, 0.15) is 5.82 Å². The second kappa shape index (κ2) is 6.35. The highest BCUT2D eigenvalue weighted by Crippen LogP contribution is 2.31. The molecular formula is C15H22FNO2. The standard InChI is InChI=1S/C15H22FNO2/c1-11(18)15-13(16)4-3-5-14(15)17-8-6-12(7-9-17)10-19-2/h3-5,11-12,18H,6-10H2,1-2H3. The maximum atomic E-state index is 13.8. The smallest absolute Gasteiger partial charge is 0.131 e. The Morgan fingerprint density at radius 1 is 1.42 bits per heavy atom. The Morgan fingerprint density at radius 2 is 2.11 bits per heavy atom. The van der Waals surface area contributed by atoms with E-state index in [1.807, 2.05) is 6.07 Å². The Labute approximate surface area is 114 Å². The van der Waals surface area contributed by atoms with Crippen LogP contribution < -0.4 is 4.90 Å². The normalized spacial score (nSPS) is 18.6. The minimum Gasteiger partial charge on any atom is -0.389 e. The summed E-state index contributed by atoms with van der Waals surface area (Å²) < 4.78 is 19.0. The largest absolute Gasteiger partial charge is 0.389 e. The lowest BCUT2D eigenvalue weighted by atomic mass is 9.96. The van der Waals surface area contributed by atoms with Gasteiger partial charge >= 0.3 is 0 Å². The number of ether oxygens (including phenoxy) is 1. The van der Waals surface area contributed by atoms with Crippen LogP contribution in [-0.2, 0) is 4.74 Å². The van der Waals surface area contributed by atoms with E-state index in [4.69, 9.17) is 4.74 Å². The molecule has 3 nitrogen and oxygen atoms in total. The number of piperidine rings is 1. The summed E-state index contributed by atoms with van der Waals surface area (Å²) in [5.74, 6) is 0.260. The molecule has 0 amide bonds. The number of hydrogen-bond donors (Lipinski definition) is 1. The molecule has 0 bridgehead atoms. The molecule has 1 aromatic rings. The first-order valence-electron chi connectivity index (χ1n) is 6.83. The highest BCUT2D eigenvalue weighted by molar-refractivity contribution is 5.55. The summed E-state index contributed by atoms with van der Waals surface area (Å²) in [6, 6.07) is 5.00. The van der Waals surface area contributed by atoms with E-state index < -0.39 is 6.10 Å². The molecule has 0 aromatic heterocycles. The number of methoxy groups -OCH3 is 1. The number of nitrogens with zero attached hydrogens (tertiary/aromatic N) is 1. The summed E-state index contributed by atoms with van der Waals surface area (Å²) >= 11 is 0. The first kappa shape index (κ1) is 14.3. The number of aliphatic hydroxyl groups is 1. The van der Waals surface area contributed by atoms with Crippen molar-refractivity contribution in [2.75, 3.05) is 31.7 Å². The second-order valence-corrected chi connectivity index (χ2v) is 5.23. The van der Waals surface area contributed by atoms with Gasteiger partial charge in [-0.1, -0.05) is 6.07 Å². The molecule has 4 heteroatoms. The summed E-state index contributed by atoms with van der Waals surface area (Å²) in [5.41, 5.74) is 1.23. The second-order valence-electron chi connectivity index (χ2n) is 5.23. The zero-order valence-corrected chi connectivity index (χ0v) is 11.6. The fourth-order valence-corrected chi connectivity index (χ4v) is 2.79. The Balaban J connectivity index is 2.13. The van der Waals surface area contributed by atoms with Crippen LogP contribution in [0.25, 0.3) is 0 Å². The van der Waals surface area contributed by atoms with Crippen LogP contribution in [0.2, 0.25) is 0 Å². The van der Waals surface area contributed by atoms with Crippen molar-refractivity contribution in [3.05, 3.63) is 29.6 Å². The summed E-state index contributed by atoms with van der Waals surface area (Å²) in [7, 11) is 1.73. The molecule has 1 atom stereocenters. The first-order chi connectivity index (χ1) is 9.13. The quantitative estimate of drug-likeness (QED) is 0.910. The van der Waals surface area contributed by atoms with Crippen molar-refractivity contribution in [1.82, 2.24) is 0 Å². The lowest BCUT2D eigenvalue weighted by Crippen LogP contribution is -2.35. The topological polar surface area (TPSA) is 32.7 Å². The van der Waals surface area contributed by atoms with Crippen LogP contribution in [0.1, 0.15) is 31.4 Å². The van der Waals surface area contributed by atoms with Crippen molar-refractivity contribution >= 4 is 5.69 Å². The number of hydrogen-bond acceptors (Lipinski definition) is 3. The number of anilines is 1. The van der Waals surface area contributed by atoms with Gasteiger partial charge in [0.15, 0.2) is 0 Å². The van der Waals surface area contributed by atoms with Crippen LogP contribution in [0.5, 0.6) is 0 Å². The van der Waals surface area contributed by atoms with Gasteiger partial charge in [-0.2, -0.15) is 0 Å². The fraction of sp³-hybridized carbons (Fsp3) is 0.600. The number of rotatable bonds is 4. The maximum absolute atomic E-state index is 13.8. The summed E-state index contributed by atoms with van der Waals surface area (Å²) in [5, 5.41) is 9.77. The van der Waals surface area contributed by atoms with Crippen molar-refractivity contribution in [2.24, 2.45) is 5.92 Å². The van der Waals surface area contributed by atoms with Crippen molar-refractivity contribution in [3.8, 4) is 0 Å². The van der Waals surface area contributed by atoms with Gasteiger partial charge in [0.05, 0.1) is 6.10 Å². The average Bonchev–Trinajstić information content (AvgIpc) is 2.39. The SMILES string of the molecule is COCC1CCN(c2cccc(F)c2C(C)O)CC1. The lowest BCUT2D eigenvalue weighted by Gasteiger charge is -2.35. The van der Waals surface area contributed by atoms with Crippen LogP contribution >= 0.6 is 0 Å². The van der Waals surface area contributed by atoms with Gasteiger partial charge in [0, 0.05) is 38.1 Å². The number of halogens is 1. The van der Waals surface area contributed by atoms with Gasteiger partial charge in [0.2, 0.25) is 0 Å². The Bertz CT molecular complexity index is 415. The van der Waals surface area contributed by atoms with Gasteiger partial charge in [-0.05, 0) is 37.8 Å². The molecule has 0 radical (unpaired) electrons. The molecule has 0 spiro atoms. The third-order valence-corrected chi connectivity index (χ3v) is 3.81. The molecule has 1 aromatic carbocycles. The van der Waals surface area contributed by atoms with Gasteiger partial charge in [-0.15, -0.1) is 0 Å². The summed E-state index contributed by atoms with van der Waals surface area (Å²) in [6.45, 7) is 4.17. The molecule has 1 N–H and O–H groups in total. The third kappa shape index (κ3) is 3.25.